The molecular weight excluding hydrogens is 374 g/mol. The molecule has 1 atom stereocenters. The Bertz CT molecular complexity index is 714. The second-order valence-electron chi connectivity index (χ2n) is 6.75. The summed E-state index contributed by atoms with van der Waals surface area (Å²) in [6, 6.07) is 3.48. The van der Waals surface area contributed by atoms with E-state index in [0.717, 1.165) is 47.6 Å². The average Bonchev–Trinajstić information content (AvgIpc) is 3.14. The predicted octanol–water partition coefficient (Wildman–Crippen LogP) is 2.18. The molecule has 7 nitrogen and oxygen atoms in total. The van der Waals surface area contributed by atoms with E-state index in [4.69, 9.17) is 16.6 Å². The van der Waals surface area contributed by atoms with Gasteiger partial charge in [-0.2, -0.15) is 0 Å². The van der Waals surface area contributed by atoms with Gasteiger partial charge in [-0.25, -0.2) is 9.79 Å². The third-order valence-corrected chi connectivity index (χ3v) is 6.25. The fraction of sp³-hybridized carbons (Fsp3) is 0.588. The van der Waals surface area contributed by atoms with Crippen LogP contribution < -0.4 is 16.0 Å². The molecule has 1 unspecified atom stereocenters. The summed E-state index contributed by atoms with van der Waals surface area (Å²) in [4.78, 5) is 31.7. The molecule has 0 radical (unpaired) electrons. The van der Waals surface area contributed by atoms with Crippen molar-refractivity contribution in [3.05, 3.63) is 21.3 Å². The molecule has 1 aromatic heterocycles. The van der Waals surface area contributed by atoms with Gasteiger partial charge in [-0.1, -0.05) is 11.6 Å². The van der Waals surface area contributed by atoms with Gasteiger partial charge in [0.05, 0.1) is 10.9 Å². The third-order valence-electron chi connectivity index (χ3n) is 5.03. The van der Waals surface area contributed by atoms with Crippen molar-refractivity contribution in [1.29, 1.82) is 0 Å². The summed E-state index contributed by atoms with van der Waals surface area (Å²) >= 11 is 7.52. The highest BCUT2D eigenvalue weighted by Gasteiger charge is 2.48. The van der Waals surface area contributed by atoms with Gasteiger partial charge < -0.3 is 15.5 Å². The average molecular weight is 398 g/mol. The number of thiophene rings is 1. The molecule has 2 saturated heterocycles. The van der Waals surface area contributed by atoms with Crippen molar-refractivity contribution in [3.63, 3.8) is 0 Å². The smallest absolute Gasteiger partial charge is 0.322 e. The van der Waals surface area contributed by atoms with Crippen molar-refractivity contribution in [1.82, 2.24) is 20.9 Å². The van der Waals surface area contributed by atoms with Gasteiger partial charge in [0.25, 0.3) is 5.91 Å². The van der Waals surface area contributed by atoms with Crippen LogP contribution in [0.2, 0.25) is 4.34 Å². The Morgan fingerprint density at radius 2 is 2.15 bits per heavy atom. The van der Waals surface area contributed by atoms with Crippen LogP contribution in [0.1, 0.15) is 31.6 Å². The standard InChI is InChI=1S/C17H24ClN5O2S/c1-3-19-15(20-10-12-4-5-13(18)26-12)23-8-6-11(7-9-23)17(2)14(24)21-16(25)22-17/h4-5,11H,3,6-10H2,1-2H3,(H,19,20)(H2,21,22,24,25). The number of carbonyl (C=O) groups excluding carboxylic acids is 2. The lowest BCUT2D eigenvalue weighted by Crippen LogP contribution is -2.55. The molecule has 0 saturated carbocycles. The van der Waals surface area contributed by atoms with Crippen LogP contribution in [0.15, 0.2) is 17.1 Å². The first-order chi connectivity index (χ1) is 12.4. The Kier molecular flexibility index (Phi) is 5.72. The number of aliphatic imine (C=N–C) groups is 1. The highest BCUT2D eigenvalue weighted by Crippen LogP contribution is 2.30. The van der Waals surface area contributed by atoms with Gasteiger partial charge in [0.1, 0.15) is 5.54 Å². The van der Waals surface area contributed by atoms with Crippen molar-refractivity contribution in [2.75, 3.05) is 19.6 Å². The number of carbonyl (C=O) groups is 2. The van der Waals surface area contributed by atoms with E-state index in [1.807, 2.05) is 26.0 Å². The van der Waals surface area contributed by atoms with E-state index < -0.39 is 11.6 Å². The number of rotatable bonds is 4. The van der Waals surface area contributed by atoms with Crippen LogP contribution in [-0.2, 0) is 11.3 Å². The molecule has 26 heavy (non-hydrogen) atoms. The molecule has 0 aliphatic carbocycles. The van der Waals surface area contributed by atoms with Crippen LogP contribution in [0, 0.1) is 5.92 Å². The van der Waals surface area contributed by atoms with Gasteiger partial charge in [0.15, 0.2) is 5.96 Å². The quantitative estimate of drug-likeness (QED) is 0.413. The Hall–Kier alpha value is -1.80. The fourth-order valence-electron chi connectivity index (χ4n) is 3.53. The van der Waals surface area contributed by atoms with Crippen LogP contribution in [0.5, 0.6) is 0 Å². The van der Waals surface area contributed by atoms with Crippen molar-refractivity contribution >= 4 is 40.8 Å². The number of halogens is 1. The van der Waals surface area contributed by atoms with Crippen LogP contribution in [0.25, 0.3) is 0 Å². The van der Waals surface area contributed by atoms with E-state index in [2.05, 4.69) is 20.9 Å². The first-order valence-electron chi connectivity index (χ1n) is 8.83. The summed E-state index contributed by atoms with van der Waals surface area (Å²) in [5.41, 5.74) is -0.813. The number of guanidine groups is 1. The maximum absolute atomic E-state index is 12.1. The van der Waals surface area contributed by atoms with Crippen LogP contribution in [-0.4, -0.2) is 48.0 Å². The molecule has 3 rings (SSSR count). The second kappa shape index (κ2) is 7.84. The SMILES string of the molecule is CCNC(=NCc1ccc(Cl)s1)N1CCC(C2(C)NC(=O)NC2=O)CC1. The van der Waals surface area contributed by atoms with E-state index >= 15 is 0 Å². The molecule has 3 amide bonds. The van der Waals surface area contributed by atoms with Gasteiger partial charge in [-0.3, -0.25) is 10.1 Å². The van der Waals surface area contributed by atoms with Crippen LogP contribution in [0.4, 0.5) is 4.79 Å². The fourth-order valence-corrected chi connectivity index (χ4v) is 4.54. The number of imide groups is 1. The Morgan fingerprint density at radius 3 is 2.69 bits per heavy atom. The molecule has 0 spiro atoms. The Balaban J connectivity index is 1.62. The minimum absolute atomic E-state index is 0.115. The summed E-state index contributed by atoms with van der Waals surface area (Å²) in [6.07, 6.45) is 1.64. The molecule has 2 fully saturated rings. The summed E-state index contributed by atoms with van der Waals surface area (Å²) in [5.74, 6) is 0.765. The zero-order valence-electron chi connectivity index (χ0n) is 15.0. The molecular formula is C17H24ClN5O2S. The molecule has 142 valence electrons. The molecule has 1 aromatic rings. The molecule has 3 N–H and O–H groups in total. The minimum atomic E-state index is -0.813. The maximum atomic E-state index is 12.1. The highest BCUT2D eigenvalue weighted by molar-refractivity contribution is 7.16. The number of amides is 3. The molecule has 0 aromatic carbocycles. The molecule has 2 aliphatic heterocycles. The molecule has 3 heterocycles. The summed E-state index contributed by atoms with van der Waals surface area (Å²) in [5, 5.41) is 8.48. The van der Waals surface area contributed by atoms with Gasteiger partial charge >= 0.3 is 6.03 Å². The molecule has 2 aliphatic rings. The van der Waals surface area contributed by atoms with Crippen LogP contribution in [0.3, 0.4) is 0 Å². The number of piperidine rings is 1. The predicted molar refractivity (Wildman–Crippen MR) is 104 cm³/mol. The van der Waals surface area contributed by atoms with Crippen molar-refractivity contribution in [2.24, 2.45) is 10.9 Å². The number of hydrogen-bond acceptors (Lipinski definition) is 4. The lowest BCUT2D eigenvalue weighted by atomic mass is 9.79. The summed E-state index contributed by atoms with van der Waals surface area (Å²) < 4.78 is 0.770. The van der Waals surface area contributed by atoms with E-state index in [-0.39, 0.29) is 11.8 Å². The van der Waals surface area contributed by atoms with Crippen molar-refractivity contribution in [3.8, 4) is 0 Å². The number of nitrogens with one attached hydrogen (secondary N) is 3. The van der Waals surface area contributed by atoms with Crippen molar-refractivity contribution < 1.29 is 9.59 Å². The second-order valence-corrected chi connectivity index (χ2v) is 8.55. The first-order valence-corrected chi connectivity index (χ1v) is 10.0. The minimum Gasteiger partial charge on any atom is -0.357 e. The van der Waals surface area contributed by atoms with Gasteiger partial charge in [0, 0.05) is 24.5 Å². The largest absolute Gasteiger partial charge is 0.357 e. The third kappa shape index (κ3) is 3.96. The van der Waals surface area contributed by atoms with Gasteiger partial charge in [-0.15, -0.1) is 11.3 Å². The zero-order valence-corrected chi connectivity index (χ0v) is 16.5. The number of urea groups is 1. The lowest BCUT2D eigenvalue weighted by Gasteiger charge is -2.39. The Labute approximate surface area is 162 Å². The van der Waals surface area contributed by atoms with E-state index in [1.165, 1.54) is 11.3 Å². The molecule has 9 heteroatoms. The Morgan fingerprint density at radius 1 is 1.42 bits per heavy atom. The lowest BCUT2D eigenvalue weighted by molar-refractivity contribution is -0.125. The summed E-state index contributed by atoms with van der Waals surface area (Å²) in [7, 11) is 0. The summed E-state index contributed by atoms with van der Waals surface area (Å²) in [6.45, 7) is 6.83. The first kappa shape index (κ1) is 19.0. The monoisotopic (exact) mass is 397 g/mol. The molecule has 0 bridgehead atoms. The van der Waals surface area contributed by atoms with Gasteiger partial charge in [0.2, 0.25) is 0 Å². The van der Waals surface area contributed by atoms with Crippen LogP contribution >= 0.6 is 22.9 Å². The van der Waals surface area contributed by atoms with E-state index in [1.54, 1.807) is 0 Å². The number of hydrogen-bond donors (Lipinski definition) is 3. The number of likely N-dealkylation sites (tertiary alicyclic amines) is 1. The van der Waals surface area contributed by atoms with Crippen molar-refractivity contribution in [2.45, 2.75) is 38.8 Å². The van der Waals surface area contributed by atoms with Gasteiger partial charge in [-0.05, 0) is 44.7 Å². The zero-order chi connectivity index (χ0) is 18.7. The maximum Gasteiger partial charge on any atom is 0.322 e. The number of nitrogens with zero attached hydrogens (tertiary/aromatic N) is 2. The van der Waals surface area contributed by atoms with E-state index in [0.29, 0.717) is 6.54 Å². The normalized spacial score (nSPS) is 24.6. The van der Waals surface area contributed by atoms with E-state index in [9.17, 15) is 9.59 Å². The highest BCUT2D eigenvalue weighted by atomic mass is 35.5. The topological polar surface area (TPSA) is 85.8 Å².